The van der Waals surface area contributed by atoms with Crippen LogP contribution in [0.4, 0.5) is 8.78 Å². The fourth-order valence-electron chi connectivity index (χ4n) is 3.16. The molecule has 0 bridgehead atoms. The molecule has 0 atom stereocenters. The molecule has 0 fully saturated rings. The minimum absolute atomic E-state index is 0.0269. The minimum Gasteiger partial charge on any atom is -0.434 e. The summed E-state index contributed by atoms with van der Waals surface area (Å²) < 4.78 is 35.3. The van der Waals surface area contributed by atoms with Gasteiger partial charge in [0.15, 0.2) is 0 Å². The van der Waals surface area contributed by atoms with Crippen molar-refractivity contribution in [2.75, 3.05) is 0 Å². The summed E-state index contributed by atoms with van der Waals surface area (Å²) in [7, 11) is 0. The van der Waals surface area contributed by atoms with E-state index in [0.29, 0.717) is 28.5 Å². The van der Waals surface area contributed by atoms with Gasteiger partial charge < -0.3 is 14.5 Å². The number of rotatable bonds is 7. The number of aryl methyl sites for hydroxylation is 1. The predicted molar refractivity (Wildman–Crippen MR) is 114 cm³/mol. The highest BCUT2D eigenvalue weighted by Crippen LogP contribution is 2.26. The molecule has 8 heteroatoms. The van der Waals surface area contributed by atoms with Gasteiger partial charge in [0.1, 0.15) is 5.75 Å². The molecule has 0 spiro atoms. The molecule has 1 N–H and O–H groups in total. The summed E-state index contributed by atoms with van der Waals surface area (Å²) in [5.41, 5.74) is 3.41. The van der Waals surface area contributed by atoms with E-state index in [1.165, 1.54) is 6.07 Å². The molecule has 3 aromatic carbocycles. The number of hydrogen-bond acceptors (Lipinski definition) is 5. The number of benzene rings is 3. The van der Waals surface area contributed by atoms with Crippen molar-refractivity contribution in [3.05, 3.63) is 89.5 Å². The van der Waals surface area contributed by atoms with E-state index in [2.05, 4.69) is 20.3 Å². The summed E-state index contributed by atoms with van der Waals surface area (Å²) in [5.74, 6) is 0.436. The van der Waals surface area contributed by atoms with Crippen molar-refractivity contribution >= 4 is 5.91 Å². The third-order valence-electron chi connectivity index (χ3n) is 4.82. The first-order chi connectivity index (χ1) is 15.5. The fourth-order valence-corrected chi connectivity index (χ4v) is 3.16. The lowest BCUT2D eigenvalue weighted by Crippen LogP contribution is -2.23. The predicted octanol–water partition coefficient (Wildman–Crippen LogP) is 5.24. The lowest BCUT2D eigenvalue weighted by molar-refractivity contribution is -0.0504. The Bertz CT molecular complexity index is 1220. The first-order valence-corrected chi connectivity index (χ1v) is 9.82. The summed E-state index contributed by atoms with van der Waals surface area (Å²) in [6.45, 7) is -0.923. The normalized spacial score (nSPS) is 10.9. The Balaban J connectivity index is 1.43. The number of ether oxygens (including phenoxy) is 1. The summed E-state index contributed by atoms with van der Waals surface area (Å²) in [6.07, 6.45) is 0. The molecule has 162 valence electrons. The van der Waals surface area contributed by atoms with Crippen LogP contribution in [-0.4, -0.2) is 22.7 Å². The first-order valence-electron chi connectivity index (χ1n) is 9.82. The Hall–Kier alpha value is -4.07. The van der Waals surface area contributed by atoms with Gasteiger partial charge in [0.25, 0.3) is 5.91 Å². The van der Waals surface area contributed by atoms with Crippen LogP contribution in [0.5, 0.6) is 5.75 Å². The number of carbonyl (C=O) groups excluding carboxylic acids is 1. The molecule has 4 rings (SSSR count). The van der Waals surface area contributed by atoms with E-state index < -0.39 is 6.61 Å². The van der Waals surface area contributed by atoms with Gasteiger partial charge in [-0.25, -0.2) is 0 Å². The first kappa shape index (κ1) is 21.2. The molecule has 6 nitrogen and oxygen atoms in total. The second kappa shape index (κ2) is 9.38. The number of para-hydroxylation sites is 1. The highest BCUT2D eigenvalue weighted by atomic mass is 19.3. The summed E-state index contributed by atoms with van der Waals surface area (Å²) in [4.78, 5) is 12.5. The van der Waals surface area contributed by atoms with Gasteiger partial charge in [-0.1, -0.05) is 36.4 Å². The van der Waals surface area contributed by atoms with E-state index >= 15 is 0 Å². The maximum atomic E-state index is 12.5. The Morgan fingerprint density at radius 2 is 1.66 bits per heavy atom. The molecular weight excluding hydrogens is 416 g/mol. The summed E-state index contributed by atoms with van der Waals surface area (Å²) >= 11 is 0. The molecular formula is C24H19F2N3O3. The van der Waals surface area contributed by atoms with Crippen LogP contribution in [-0.2, 0) is 6.54 Å². The van der Waals surface area contributed by atoms with Crippen molar-refractivity contribution in [1.29, 1.82) is 0 Å². The van der Waals surface area contributed by atoms with Crippen molar-refractivity contribution in [3.63, 3.8) is 0 Å². The standard InChI is InChI=1S/C24H19F2N3O3/c1-15-6-2-4-8-19(15)23-29-28-22(32-23)17-12-10-16(11-13-17)21(30)27-14-18-7-3-5-9-20(18)31-24(25)26/h2-13,24H,14H2,1H3,(H,27,30). The zero-order valence-electron chi connectivity index (χ0n) is 17.1. The van der Waals surface area contributed by atoms with Gasteiger partial charge in [-0.05, 0) is 48.9 Å². The van der Waals surface area contributed by atoms with Crippen LogP contribution < -0.4 is 10.1 Å². The van der Waals surface area contributed by atoms with Gasteiger partial charge in [0, 0.05) is 28.8 Å². The van der Waals surface area contributed by atoms with Gasteiger partial charge in [-0.3, -0.25) is 4.79 Å². The molecule has 0 radical (unpaired) electrons. The van der Waals surface area contributed by atoms with Crippen molar-refractivity contribution in [2.24, 2.45) is 0 Å². The molecule has 1 aromatic heterocycles. The molecule has 1 amide bonds. The molecule has 0 saturated heterocycles. The van der Waals surface area contributed by atoms with Crippen LogP contribution in [0.15, 0.2) is 77.2 Å². The zero-order valence-corrected chi connectivity index (χ0v) is 17.1. The molecule has 32 heavy (non-hydrogen) atoms. The number of aromatic nitrogens is 2. The third kappa shape index (κ3) is 4.80. The number of amides is 1. The van der Waals surface area contributed by atoms with Crippen LogP contribution in [0, 0.1) is 6.92 Å². The highest BCUT2D eigenvalue weighted by molar-refractivity contribution is 5.94. The van der Waals surface area contributed by atoms with Gasteiger partial charge in [-0.15, -0.1) is 10.2 Å². The highest BCUT2D eigenvalue weighted by Gasteiger charge is 2.14. The van der Waals surface area contributed by atoms with E-state index in [-0.39, 0.29) is 18.2 Å². The van der Waals surface area contributed by atoms with Crippen molar-refractivity contribution in [1.82, 2.24) is 15.5 Å². The number of halogens is 2. The molecule has 4 aromatic rings. The number of alkyl halides is 2. The maximum absolute atomic E-state index is 12.5. The van der Waals surface area contributed by atoms with E-state index in [1.807, 2.05) is 31.2 Å². The quantitative estimate of drug-likeness (QED) is 0.429. The lowest BCUT2D eigenvalue weighted by atomic mass is 10.1. The minimum atomic E-state index is -2.93. The van der Waals surface area contributed by atoms with E-state index in [1.54, 1.807) is 42.5 Å². The number of nitrogens with zero attached hydrogens (tertiary/aromatic N) is 2. The van der Waals surface area contributed by atoms with Crippen LogP contribution in [0.25, 0.3) is 22.9 Å². The van der Waals surface area contributed by atoms with Crippen LogP contribution >= 0.6 is 0 Å². The largest absolute Gasteiger partial charge is 0.434 e. The second-order valence-corrected chi connectivity index (χ2v) is 6.97. The van der Waals surface area contributed by atoms with Crippen molar-refractivity contribution < 1.29 is 22.7 Å². The number of nitrogens with one attached hydrogen (secondary N) is 1. The van der Waals surface area contributed by atoms with Crippen LogP contribution in [0.1, 0.15) is 21.5 Å². The Morgan fingerprint density at radius 3 is 2.41 bits per heavy atom. The average Bonchev–Trinajstić information content (AvgIpc) is 3.28. The third-order valence-corrected chi connectivity index (χ3v) is 4.82. The van der Waals surface area contributed by atoms with Gasteiger partial charge in [-0.2, -0.15) is 8.78 Å². The van der Waals surface area contributed by atoms with Gasteiger partial charge in [0.05, 0.1) is 0 Å². The van der Waals surface area contributed by atoms with E-state index in [4.69, 9.17) is 4.42 Å². The lowest BCUT2D eigenvalue weighted by Gasteiger charge is -2.11. The Morgan fingerprint density at radius 1 is 0.969 bits per heavy atom. The Kier molecular flexibility index (Phi) is 6.21. The van der Waals surface area contributed by atoms with E-state index in [0.717, 1.165) is 11.1 Å². The van der Waals surface area contributed by atoms with Gasteiger partial charge in [0.2, 0.25) is 11.8 Å². The monoisotopic (exact) mass is 435 g/mol. The van der Waals surface area contributed by atoms with Crippen molar-refractivity contribution in [2.45, 2.75) is 20.1 Å². The number of hydrogen-bond donors (Lipinski definition) is 1. The van der Waals surface area contributed by atoms with Crippen LogP contribution in [0.2, 0.25) is 0 Å². The smallest absolute Gasteiger partial charge is 0.387 e. The molecule has 0 unspecified atom stereocenters. The SMILES string of the molecule is Cc1ccccc1-c1nnc(-c2ccc(C(=O)NCc3ccccc3OC(F)F)cc2)o1. The van der Waals surface area contributed by atoms with E-state index in [9.17, 15) is 13.6 Å². The van der Waals surface area contributed by atoms with Gasteiger partial charge >= 0.3 is 6.61 Å². The summed E-state index contributed by atoms with van der Waals surface area (Å²) in [5, 5.41) is 10.9. The van der Waals surface area contributed by atoms with Crippen LogP contribution in [0.3, 0.4) is 0 Å². The molecule has 0 aliphatic carbocycles. The zero-order chi connectivity index (χ0) is 22.5. The molecule has 0 saturated carbocycles. The Labute approximate surface area is 182 Å². The van der Waals surface area contributed by atoms with Crippen molar-refractivity contribution in [3.8, 4) is 28.7 Å². The molecule has 0 aliphatic rings. The topological polar surface area (TPSA) is 77.2 Å². The number of carbonyl (C=O) groups is 1. The average molecular weight is 435 g/mol. The summed E-state index contributed by atoms with van der Waals surface area (Å²) in [6, 6.07) is 20.7. The maximum Gasteiger partial charge on any atom is 0.387 e. The fraction of sp³-hybridized carbons (Fsp3) is 0.125. The molecule has 1 heterocycles. The molecule has 0 aliphatic heterocycles. The second-order valence-electron chi connectivity index (χ2n) is 6.97.